The number of benzene rings is 1. The number of nitrogens with one attached hydrogen (secondary N) is 1. The average Bonchev–Trinajstić information content (AvgIpc) is 2.49. The molecule has 1 aliphatic rings. The second kappa shape index (κ2) is 5.95. The number of halogens is 3. The Morgan fingerprint density at radius 1 is 1.24 bits per heavy atom. The summed E-state index contributed by atoms with van der Waals surface area (Å²) in [5, 5.41) is -0.0540. The number of alkyl halides is 3. The van der Waals surface area contributed by atoms with E-state index >= 15 is 0 Å². The van der Waals surface area contributed by atoms with Crippen molar-refractivity contribution in [3.8, 4) is 5.75 Å². The van der Waals surface area contributed by atoms with Crippen LogP contribution < -0.4 is 15.0 Å². The summed E-state index contributed by atoms with van der Waals surface area (Å²) in [6, 6.07) is 3.66. The smallest absolute Gasteiger partial charge is 0.429 e. The van der Waals surface area contributed by atoms with Crippen molar-refractivity contribution in [2.45, 2.75) is 20.0 Å². The van der Waals surface area contributed by atoms with Crippen LogP contribution in [0, 0.1) is 5.41 Å². The van der Waals surface area contributed by atoms with E-state index in [0.717, 1.165) is 24.3 Å². The summed E-state index contributed by atoms with van der Waals surface area (Å²) in [6.45, 7) is 3.82. The maximum Gasteiger partial charge on any atom is 0.429 e. The number of phosphoric ester groups is 1. The molecule has 0 amide bonds. The third-order valence-corrected chi connectivity index (χ3v) is 4.88. The normalized spacial score (nSPS) is 19.8. The number of hydrogen-bond donors (Lipinski definition) is 1. The minimum absolute atomic E-state index is 0.0540. The number of rotatable bonds is 2. The van der Waals surface area contributed by atoms with E-state index in [2.05, 4.69) is 4.98 Å². The molecule has 0 bridgehead atoms. The van der Waals surface area contributed by atoms with Crippen LogP contribution in [0.25, 0.3) is 10.9 Å². The lowest BCUT2D eigenvalue weighted by molar-refractivity contribution is -0.253. The summed E-state index contributed by atoms with van der Waals surface area (Å²) in [7, 11) is -4.03. The van der Waals surface area contributed by atoms with Crippen molar-refractivity contribution in [1.29, 1.82) is 0 Å². The molecule has 1 aromatic heterocycles. The lowest BCUT2D eigenvalue weighted by atomic mass is 9.97. The molecule has 1 aromatic carbocycles. The fourth-order valence-electron chi connectivity index (χ4n) is 2.23. The number of hydrogen-bond acceptors (Lipinski definition) is 5. The van der Waals surface area contributed by atoms with Gasteiger partial charge in [0.2, 0.25) is 0 Å². The molecule has 0 aliphatic carbocycles. The SMILES string of the molecule is CC1(C)CO[P+]([O-])(Oc2cc(=O)[nH]c3ccc(C(F)(F)F)cc23)OC1. The predicted molar refractivity (Wildman–Crippen MR) is 82.8 cm³/mol. The van der Waals surface area contributed by atoms with Gasteiger partial charge in [-0.1, -0.05) is 13.8 Å². The number of phosphoric acid groups is 1. The van der Waals surface area contributed by atoms with Crippen molar-refractivity contribution in [2.75, 3.05) is 13.2 Å². The van der Waals surface area contributed by atoms with E-state index in [-0.39, 0.29) is 35.3 Å². The number of fused-ring (bicyclic) bond motifs is 1. The summed E-state index contributed by atoms with van der Waals surface area (Å²) >= 11 is 0. The highest BCUT2D eigenvalue weighted by Crippen LogP contribution is 2.58. The number of pyridine rings is 1. The molecule has 0 radical (unpaired) electrons. The fraction of sp³-hybridized carbons (Fsp3) is 0.400. The Morgan fingerprint density at radius 3 is 2.48 bits per heavy atom. The number of aromatic nitrogens is 1. The van der Waals surface area contributed by atoms with E-state index < -0.39 is 25.5 Å². The summed E-state index contributed by atoms with van der Waals surface area (Å²) in [4.78, 5) is 26.6. The van der Waals surface area contributed by atoms with Gasteiger partial charge >= 0.3 is 14.3 Å². The van der Waals surface area contributed by atoms with E-state index in [1.807, 2.05) is 13.8 Å². The van der Waals surface area contributed by atoms with Gasteiger partial charge in [0.15, 0.2) is 5.75 Å². The molecule has 25 heavy (non-hydrogen) atoms. The van der Waals surface area contributed by atoms with Gasteiger partial charge in [-0.2, -0.15) is 22.2 Å². The Balaban J connectivity index is 2.01. The Labute approximate surface area is 141 Å². The second-order valence-electron chi connectivity index (χ2n) is 6.51. The van der Waals surface area contributed by atoms with Gasteiger partial charge in [-0.3, -0.25) is 9.32 Å². The molecule has 6 nitrogen and oxygen atoms in total. The van der Waals surface area contributed by atoms with Crippen LogP contribution in [-0.2, 0) is 15.2 Å². The molecule has 1 aliphatic heterocycles. The van der Waals surface area contributed by atoms with Gasteiger partial charge in [-0.05, 0) is 18.2 Å². The summed E-state index contributed by atoms with van der Waals surface area (Å²) in [6.07, 6.45) is -4.58. The third kappa shape index (κ3) is 3.95. The minimum atomic E-state index is -4.58. The molecule has 0 saturated carbocycles. The molecule has 2 aromatic rings. The van der Waals surface area contributed by atoms with Gasteiger partial charge in [-0.25, -0.2) is 0 Å². The van der Waals surface area contributed by atoms with Gasteiger partial charge in [-0.15, -0.1) is 0 Å². The Hall–Kier alpha value is -1.67. The van der Waals surface area contributed by atoms with Crippen molar-refractivity contribution in [1.82, 2.24) is 4.98 Å². The van der Waals surface area contributed by atoms with Crippen LogP contribution in [0.1, 0.15) is 19.4 Å². The van der Waals surface area contributed by atoms with E-state index in [1.54, 1.807) is 0 Å². The molecule has 0 unspecified atom stereocenters. The average molecular weight is 377 g/mol. The van der Waals surface area contributed by atoms with E-state index in [1.165, 1.54) is 0 Å². The molecule has 3 rings (SSSR count). The molecule has 136 valence electrons. The topological polar surface area (TPSA) is 83.6 Å². The fourth-order valence-corrected chi connectivity index (χ4v) is 3.82. The lowest BCUT2D eigenvalue weighted by Crippen LogP contribution is -2.37. The van der Waals surface area contributed by atoms with Crippen molar-refractivity contribution in [3.05, 3.63) is 40.2 Å². The van der Waals surface area contributed by atoms with E-state index in [0.29, 0.717) is 0 Å². The van der Waals surface area contributed by atoms with E-state index in [9.17, 15) is 22.9 Å². The van der Waals surface area contributed by atoms with Crippen LogP contribution >= 0.6 is 8.17 Å². The molecule has 0 atom stereocenters. The Morgan fingerprint density at radius 2 is 1.88 bits per heavy atom. The van der Waals surface area contributed by atoms with Crippen LogP contribution in [0.15, 0.2) is 29.1 Å². The van der Waals surface area contributed by atoms with Crippen LogP contribution in [0.2, 0.25) is 0 Å². The van der Waals surface area contributed by atoms with Gasteiger partial charge in [0.25, 0.3) is 5.56 Å². The predicted octanol–water partition coefficient (Wildman–Crippen LogP) is 3.04. The van der Waals surface area contributed by atoms with Crippen molar-refractivity contribution in [2.24, 2.45) is 5.41 Å². The lowest BCUT2D eigenvalue weighted by Gasteiger charge is -2.35. The summed E-state index contributed by atoms with van der Waals surface area (Å²) < 4.78 is 54.3. The monoisotopic (exact) mass is 377 g/mol. The van der Waals surface area contributed by atoms with Crippen molar-refractivity contribution >= 4 is 19.1 Å². The molecule has 1 saturated heterocycles. The zero-order valence-electron chi connectivity index (χ0n) is 13.3. The Kier molecular flexibility index (Phi) is 4.31. The largest absolute Gasteiger partial charge is 0.598 e. The highest BCUT2D eigenvalue weighted by Gasteiger charge is 2.44. The van der Waals surface area contributed by atoms with Crippen molar-refractivity contribution < 1.29 is 31.6 Å². The molecular formula is C15H15F3NO5P. The van der Waals surface area contributed by atoms with E-state index in [4.69, 9.17) is 13.6 Å². The standard InChI is InChI=1S/C15H15F3NO5P/c1-14(2)7-22-25(21,23-8-14)24-12-6-13(20)19-11-4-3-9(5-10(11)12)15(16,17)18/h3-6H,7-8H2,1-2H3,(H,19,20). The maximum atomic E-state index is 12.9. The summed E-state index contributed by atoms with van der Waals surface area (Å²) in [5.41, 5.74) is -1.82. The molecule has 2 heterocycles. The van der Waals surface area contributed by atoms with Gasteiger partial charge < -0.3 is 9.88 Å². The van der Waals surface area contributed by atoms with Crippen molar-refractivity contribution in [3.63, 3.8) is 0 Å². The first kappa shape index (κ1) is 18.1. The molecule has 10 heteroatoms. The quantitative estimate of drug-likeness (QED) is 0.814. The number of aromatic amines is 1. The van der Waals surface area contributed by atoms with Crippen LogP contribution in [-0.4, -0.2) is 18.2 Å². The first-order valence-electron chi connectivity index (χ1n) is 7.31. The van der Waals surface area contributed by atoms with Gasteiger partial charge in [0.05, 0.1) is 17.1 Å². The summed E-state index contributed by atoms with van der Waals surface area (Å²) in [5.74, 6) is -0.298. The van der Waals surface area contributed by atoms with Gasteiger partial charge in [0, 0.05) is 10.8 Å². The zero-order valence-corrected chi connectivity index (χ0v) is 14.2. The van der Waals surface area contributed by atoms with Crippen LogP contribution in [0.4, 0.5) is 13.2 Å². The first-order valence-corrected chi connectivity index (χ1v) is 8.77. The maximum absolute atomic E-state index is 12.9. The van der Waals surface area contributed by atoms with Crippen LogP contribution in [0.5, 0.6) is 5.75 Å². The second-order valence-corrected chi connectivity index (χ2v) is 8.10. The third-order valence-electron chi connectivity index (χ3n) is 3.57. The molecule has 0 spiro atoms. The first-order chi connectivity index (χ1) is 11.5. The molecular weight excluding hydrogens is 362 g/mol. The number of H-pyrrole nitrogens is 1. The highest BCUT2D eigenvalue weighted by molar-refractivity contribution is 7.54. The minimum Gasteiger partial charge on any atom is -0.598 e. The van der Waals surface area contributed by atoms with Gasteiger partial charge in [0.1, 0.15) is 13.2 Å². The molecule has 1 fully saturated rings. The van der Waals surface area contributed by atoms with Crippen LogP contribution in [0.3, 0.4) is 0 Å². The zero-order chi connectivity index (χ0) is 18.5. The Bertz CT molecular complexity index is 854. The highest BCUT2D eigenvalue weighted by atomic mass is 31.2. The molecule has 1 N–H and O–H groups in total.